The molecule has 0 aliphatic rings. The van der Waals surface area contributed by atoms with Gasteiger partial charge in [0.05, 0.1) is 13.2 Å². The highest BCUT2D eigenvalue weighted by Gasteiger charge is 2.26. The lowest BCUT2D eigenvalue weighted by atomic mass is 10.2. The summed E-state index contributed by atoms with van der Waals surface area (Å²) in [6.45, 7) is 4.07. The van der Waals surface area contributed by atoms with E-state index >= 15 is 0 Å². The lowest BCUT2D eigenvalue weighted by Crippen LogP contribution is -1.97. The molecule has 0 bridgehead atoms. The van der Waals surface area contributed by atoms with E-state index in [1.54, 1.807) is 0 Å². The lowest BCUT2D eigenvalue weighted by Gasteiger charge is -2.17. The fourth-order valence-electron chi connectivity index (χ4n) is 1.46. The summed E-state index contributed by atoms with van der Waals surface area (Å²) in [6, 6.07) is 7.92. The van der Waals surface area contributed by atoms with Crippen molar-refractivity contribution in [2.24, 2.45) is 0 Å². The molecule has 0 fully saturated rings. The fraction of sp³-hybridized carbons (Fsp3) is 0.600. The molecular weight excluding hydrogens is 291 g/mol. The average Bonchev–Trinajstić information content (AvgIpc) is 2.42. The Balaban J connectivity index is 2.64. The van der Waals surface area contributed by atoms with Crippen molar-refractivity contribution in [1.82, 2.24) is 0 Å². The van der Waals surface area contributed by atoms with E-state index in [1.165, 1.54) is 16.9 Å². The Morgan fingerprint density at radius 1 is 1.00 bits per heavy atom. The van der Waals surface area contributed by atoms with Crippen molar-refractivity contribution in [2.45, 2.75) is 51.3 Å². The van der Waals surface area contributed by atoms with Crippen molar-refractivity contribution < 1.29 is 13.6 Å². The number of hydrogen-bond acceptors (Lipinski definition) is 4. The highest BCUT2D eigenvalue weighted by Crippen LogP contribution is 2.63. The zero-order valence-electron chi connectivity index (χ0n) is 12.6. The van der Waals surface area contributed by atoms with Crippen LogP contribution < -0.4 is 0 Å². The van der Waals surface area contributed by atoms with Gasteiger partial charge in [0.2, 0.25) is 0 Å². The fourth-order valence-corrected chi connectivity index (χ4v) is 4.76. The number of hydrogen-bond donors (Lipinski definition) is 0. The van der Waals surface area contributed by atoms with Crippen LogP contribution in [0, 0.1) is 6.92 Å². The predicted octanol–water partition coefficient (Wildman–Crippen LogP) is 5.83. The summed E-state index contributed by atoms with van der Waals surface area (Å²) >= 11 is 1.21. The molecule has 0 unspecified atom stereocenters. The van der Waals surface area contributed by atoms with Gasteiger partial charge in [0.1, 0.15) is 0 Å². The van der Waals surface area contributed by atoms with Crippen LogP contribution in [0.25, 0.3) is 0 Å². The van der Waals surface area contributed by atoms with Gasteiger partial charge in [0.15, 0.2) is 0 Å². The molecule has 5 heteroatoms. The molecule has 114 valence electrons. The summed E-state index contributed by atoms with van der Waals surface area (Å²) in [5.74, 6) is 0. The first-order valence-corrected chi connectivity index (χ1v) is 10.2. The van der Waals surface area contributed by atoms with Crippen LogP contribution in [0.4, 0.5) is 0 Å². The van der Waals surface area contributed by atoms with Crippen LogP contribution in [-0.2, 0) is 13.6 Å². The van der Waals surface area contributed by atoms with Gasteiger partial charge < -0.3 is 9.05 Å². The molecule has 20 heavy (non-hydrogen) atoms. The third-order valence-corrected chi connectivity index (χ3v) is 6.37. The van der Waals surface area contributed by atoms with Crippen LogP contribution >= 0.6 is 18.2 Å². The predicted molar refractivity (Wildman–Crippen MR) is 86.4 cm³/mol. The molecule has 0 saturated carbocycles. The van der Waals surface area contributed by atoms with E-state index in [4.69, 9.17) is 9.05 Å². The van der Waals surface area contributed by atoms with E-state index < -0.39 is 6.80 Å². The normalized spacial score (nSPS) is 11.8. The topological polar surface area (TPSA) is 35.5 Å². The first-order valence-electron chi connectivity index (χ1n) is 7.25. The Kier molecular flexibility index (Phi) is 8.55. The van der Waals surface area contributed by atoms with Crippen LogP contribution in [0.5, 0.6) is 0 Å². The highest BCUT2D eigenvalue weighted by molar-refractivity contribution is 8.55. The zero-order valence-corrected chi connectivity index (χ0v) is 14.3. The van der Waals surface area contributed by atoms with Crippen molar-refractivity contribution in [3.05, 3.63) is 29.8 Å². The third kappa shape index (κ3) is 6.94. The molecule has 0 aliphatic heterocycles. The SMILES string of the molecule is CCCCOP(=O)(OCCCC)Sc1ccc(C)cc1. The zero-order chi connectivity index (χ0) is 14.8. The Morgan fingerprint density at radius 2 is 1.50 bits per heavy atom. The van der Waals surface area contributed by atoms with E-state index in [0.29, 0.717) is 13.2 Å². The second kappa shape index (κ2) is 9.62. The van der Waals surface area contributed by atoms with E-state index in [0.717, 1.165) is 30.6 Å². The smallest absolute Gasteiger partial charge is 0.301 e. The molecule has 0 aromatic heterocycles. The first kappa shape index (κ1) is 17.8. The standard InChI is InChI=1S/C15H25O3PS/c1-4-6-12-17-19(16,18-13-7-5-2)20-15-10-8-14(3)9-11-15/h8-11H,4-7,12-13H2,1-3H3. The van der Waals surface area contributed by atoms with Crippen molar-refractivity contribution in [3.63, 3.8) is 0 Å². The average molecular weight is 316 g/mol. The quantitative estimate of drug-likeness (QED) is 0.402. The minimum Gasteiger partial charge on any atom is -0.301 e. The molecule has 0 saturated heterocycles. The minimum absolute atomic E-state index is 0.485. The van der Waals surface area contributed by atoms with E-state index in [1.807, 2.05) is 31.2 Å². The lowest BCUT2D eigenvalue weighted by molar-refractivity contribution is 0.215. The number of benzene rings is 1. The third-order valence-electron chi connectivity index (χ3n) is 2.73. The van der Waals surface area contributed by atoms with Gasteiger partial charge in [-0.1, -0.05) is 44.4 Å². The van der Waals surface area contributed by atoms with E-state index in [-0.39, 0.29) is 0 Å². The number of aryl methyl sites for hydroxylation is 1. The largest absolute Gasteiger partial charge is 0.393 e. The van der Waals surface area contributed by atoms with Crippen LogP contribution in [0.15, 0.2) is 29.2 Å². The summed E-state index contributed by atoms with van der Waals surface area (Å²) < 4.78 is 23.8. The van der Waals surface area contributed by atoms with Crippen LogP contribution in [0.1, 0.15) is 45.1 Å². The molecule has 1 aromatic rings. The summed E-state index contributed by atoms with van der Waals surface area (Å²) in [5.41, 5.74) is 1.18. The molecule has 1 rings (SSSR count). The Morgan fingerprint density at radius 3 is 1.95 bits per heavy atom. The Hall–Kier alpha value is -0.280. The van der Waals surface area contributed by atoms with Crippen molar-refractivity contribution in [2.75, 3.05) is 13.2 Å². The van der Waals surface area contributed by atoms with Gasteiger partial charge in [0.25, 0.3) is 0 Å². The second-order valence-corrected chi connectivity index (χ2v) is 8.68. The Bertz CT molecular complexity index is 406. The summed E-state index contributed by atoms with van der Waals surface area (Å²) in [4.78, 5) is 0.923. The molecule has 0 N–H and O–H groups in total. The maximum Gasteiger partial charge on any atom is 0.393 e. The van der Waals surface area contributed by atoms with Gasteiger partial charge in [-0.25, -0.2) is 4.57 Å². The van der Waals surface area contributed by atoms with Gasteiger partial charge in [-0.15, -0.1) is 0 Å². The molecule has 0 atom stereocenters. The molecule has 1 aromatic carbocycles. The van der Waals surface area contributed by atoms with Gasteiger partial charge in [0, 0.05) is 4.90 Å². The van der Waals surface area contributed by atoms with Crippen molar-refractivity contribution >= 4 is 18.2 Å². The summed E-state index contributed by atoms with van der Waals surface area (Å²) in [7, 11) is 0. The molecule has 3 nitrogen and oxygen atoms in total. The van der Waals surface area contributed by atoms with E-state index in [9.17, 15) is 4.57 Å². The number of unbranched alkanes of at least 4 members (excludes halogenated alkanes) is 2. The molecule has 0 aliphatic carbocycles. The first-order chi connectivity index (χ1) is 9.59. The van der Waals surface area contributed by atoms with Crippen LogP contribution in [0.2, 0.25) is 0 Å². The summed E-state index contributed by atoms with van der Waals surface area (Å²) in [5, 5.41) is 0. The van der Waals surface area contributed by atoms with Crippen LogP contribution in [-0.4, -0.2) is 13.2 Å². The maximum atomic E-state index is 12.7. The monoisotopic (exact) mass is 316 g/mol. The van der Waals surface area contributed by atoms with E-state index in [2.05, 4.69) is 13.8 Å². The van der Waals surface area contributed by atoms with Gasteiger partial charge in [-0.05, 0) is 43.3 Å². The molecule has 0 spiro atoms. The number of rotatable bonds is 10. The van der Waals surface area contributed by atoms with Crippen LogP contribution in [0.3, 0.4) is 0 Å². The van der Waals surface area contributed by atoms with Gasteiger partial charge in [-0.2, -0.15) is 0 Å². The van der Waals surface area contributed by atoms with Crippen molar-refractivity contribution in [1.29, 1.82) is 0 Å². The maximum absolute atomic E-state index is 12.7. The summed E-state index contributed by atoms with van der Waals surface area (Å²) in [6.07, 6.45) is 3.83. The minimum atomic E-state index is -3.10. The molecule has 0 amide bonds. The molecular formula is C15H25O3PS. The second-order valence-electron chi connectivity index (χ2n) is 4.73. The van der Waals surface area contributed by atoms with Crippen molar-refractivity contribution in [3.8, 4) is 0 Å². The molecule has 0 radical (unpaired) electrons. The highest BCUT2D eigenvalue weighted by atomic mass is 32.7. The van der Waals surface area contributed by atoms with Gasteiger partial charge in [-0.3, -0.25) is 0 Å². The van der Waals surface area contributed by atoms with Gasteiger partial charge >= 0.3 is 6.80 Å². The molecule has 0 heterocycles. The Labute approximate surface area is 126 Å².